The molecule has 0 saturated carbocycles. The first kappa shape index (κ1) is 16.1. The highest BCUT2D eigenvalue weighted by Gasteiger charge is 2.42. The van der Waals surface area contributed by atoms with Crippen LogP contribution < -0.4 is 0 Å². The highest BCUT2D eigenvalue weighted by atomic mass is 16.2. The fourth-order valence-corrected chi connectivity index (χ4v) is 4.77. The highest BCUT2D eigenvalue weighted by Crippen LogP contribution is 2.35. The van der Waals surface area contributed by atoms with Crippen molar-refractivity contribution in [1.82, 2.24) is 14.7 Å². The number of amides is 1. The van der Waals surface area contributed by atoms with Crippen LogP contribution in [0.25, 0.3) is 0 Å². The minimum atomic E-state index is 0.352. The molecule has 0 unspecified atom stereocenters. The summed E-state index contributed by atoms with van der Waals surface area (Å²) in [7, 11) is 2.22. The number of rotatable bonds is 3. The molecule has 4 nitrogen and oxygen atoms in total. The SMILES string of the molecule is CN1CCC(N2C[C@H]3CN(Cc4ccccc4)C(=O)C[C@H]3C2)CC1. The van der Waals surface area contributed by atoms with Crippen molar-refractivity contribution in [3.8, 4) is 0 Å². The lowest BCUT2D eigenvalue weighted by molar-refractivity contribution is -0.136. The van der Waals surface area contributed by atoms with Gasteiger partial charge in [0.05, 0.1) is 0 Å². The van der Waals surface area contributed by atoms with Crippen LogP contribution in [-0.2, 0) is 11.3 Å². The van der Waals surface area contributed by atoms with E-state index < -0.39 is 0 Å². The van der Waals surface area contributed by atoms with Gasteiger partial charge >= 0.3 is 0 Å². The number of piperidine rings is 2. The van der Waals surface area contributed by atoms with E-state index in [1.165, 1.54) is 38.0 Å². The predicted molar refractivity (Wildman–Crippen MR) is 95.5 cm³/mol. The Morgan fingerprint density at radius 1 is 1.00 bits per heavy atom. The number of likely N-dealkylation sites (tertiary alicyclic amines) is 3. The Bertz CT molecular complexity index is 568. The Labute approximate surface area is 145 Å². The average Bonchev–Trinajstić information content (AvgIpc) is 2.99. The first-order valence-electron chi connectivity index (χ1n) is 9.43. The van der Waals surface area contributed by atoms with Crippen LogP contribution in [0.2, 0.25) is 0 Å². The van der Waals surface area contributed by atoms with E-state index in [0.29, 0.717) is 17.7 Å². The van der Waals surface area contributed by atoms with Crippen molar-refractivity contribution in [2.24, 2.45) is 11.8 Å². The minimum absolute atomic E-state index is 0.352. The molecule has 0 aromatic heterocycles. The largest absolute Gasteiger partial charge is 0.338 e. The summed E-state index contributed by atoms with van der Waals surface area (Å²) in [5, 5.41) is 0. The molecule has 1 aromatic rings. The second-order valence-corrected chi connectivity index (χ2v) is 7.97. The van der Waals surface area contributed by atoms with Crippen LogP contribution in [0.5, 0.6) is 0 Å². The zero-order valence-corrected chi connectivity index (χ0v) is 14.7. The molecule has 1 aromatic carbocycles. The minimum Gasteiger partial charge on any atom is -0.338 e. The van der Waals surface area contributed by atoms with Gasteiger partial charge in [0.1, 0.15) is 0 Å². The molecular formula is C20H29N3O. The van der Waals surface area contributed by atoms with Gasteiger partial charge in [0.25, 0.3) is 0 Å². The molecule has 3 heterocycles. The van der Waals surface area contributed by atoms with Crippen molar-refractivity contribution < 1.29 is 4.79 Å². The van der Waals surface area contributed by atoms with Crippen molar-refractivity contribution >= 4 is 5.91 Å². The van der Waals surface area contributed by atoms with Crippen molar-refractivity contribution in [2.75, 3.05) is 39.8 Å². The molecule has 130 valence electrons. The molecular weight excluding hydrogens is 298 g/mol. The Morgan fingerprint density at radius 2 is 1.71 bits per heavy atom. The number of fused-ring (bicyclic) bond motifs is 1. The Morgan fingerprint density at radius 3 is 2.46 bits per heavy atom. The van der Waals surface area contributed by atoms with Gasteiger partial charge in [-0.15, -0.1) is 0 Å². The van der Waals surface area contributed by atoms with Gasteiger partial charge in [0.15, 0.2) is 0 Å². The molecule has 0 N–H and O–H groups in total. The number of carbonyl (C=O) groups is 1. The highest BCUT2D eigenvalue weighted by molar-refractivity contribution is 5.77. The van der Waals surface area contributed by atoms with Crippen LogP contribution in [0.1, 0.15) is 24.8 Å². The first-order chi connectivity index (χ1) is 11.7. The van der Waals surface area contributed by atoms with E-state index in [4.69, 9.17) is 0 Å². The average molecular weight is 327 g/mol. The molecule has 0 aliphatic carbocycles. The number of benzene rings is 1. The van der Waals surface area contributed by atoms with Gasteiger partial charge in [0, 0.05) is 38.6 Å². The van der Waals surface area contributed by atoms with Crippen LogP contribution in [0.3, 0.4) is 0 Å². The lowest BCUT2D eigenvalue weighted by atomic mass is 9.88. The van der Waals surface area contributed by atoms with Crippen molar-refractivity contribution in [1.29, 1.82) is 0 Å². The quantitative estimate of drug-likeness (QED) is 0.850. The lowest BCUT2D eigenvalue weighted by Gasteiger charge is -2.35. The molecule has 24 heavy (non-hydrogen) atoms. The van der Waals surface area contributed by atoms with E-state index in [-0.39, 0.29) is 0 Å². The summed E-state index contributed by atoms with van der Waals surface area (Å²) in [4.78, 5) is 19.8. The molecule has 4 rings (SSSR count). The Kier molecular flexibility index (Phi) is 4.59. The summed E-state index contributed by atoms with van der Waals surface area (Å²) in [6.45, 7) is 6.49. The molecule has 2 atom stereocenters. The van der Waals surface area contributed by atoms with Gasteiger partial charge < -0.3 is 9.80 Å². The number of hydrogen-bond acceptors (Lipinski definition) is 3. The van der Waals surface area contributed by atoms with Gasteiger partial charge in [-0.25, -0.2) is 0 Å². The molecule has 3 fully saturated rings. The lowest BCUT2D eigenvalue weighted by Crippen LogP contribution is -2.43. The van der Waals surface area contributed by atoms with E-state index in [1.807, 2.05) is 6.07 Å². The third kappa shape index (κ3) is 3.35. The van der Waals surface area contributed by atoms with Gasteiger partial charge in [-0.05, 0) is 50.4 Å². The van der Waals surface area contributed by atoms with Gasteiger partial charge in [-0.1, -0.05) is 30.3 Å². The Balaban J connectivity index is 1.37. The maximum absolute atomic E-state index is 12.6. The number of hydrogen-bond donors (Lipinski definition) is 0. The second-order valence-electron chi connectivity index (χ2n) is 7.97. The molecule has 3 aliphatic heterocycles. The third-order valence-corrected chi connectivity index (χ3v) is 6.27. The summed E-state index contributed by atoms with van der Waals surface area (Å²) in [5.41, 5.74) is 1.24. The summed E-state index contributed by atoms with van der Waals surface area (Å²) < 4.78 is 0. The van der Waals surface area contributed by atoms with Crippen molar-refractivity contribution in [3.05, 3.63) is 35.9 Å². The van der Waals surface area contributed by atoms with Crippen LogP contribution in [0.4, 0.5) is 0 Å². The molecule has 3 saturated heterocycles. The van der Waals surface area contributed by atoms with E-state index in [1.54, 1.807) is 0 Å². The fourth-order valence-electron chi connectivity index (χ4n) is 4.77. The topological polar surface area (TPSA) is 26.8 Å². The van der Waals surface area contributed by atoms with Crippen LogP contribution in [0, 0.1) is 11.8 Å². The molecule has 0 bridgehead atoms. The molecule has 0 radical (unpaired) electrons. The van der Waals surface area contributed by atoms with E-state index in [2.05, 4.69) is 46.0 Å². The smallest absolute Gasteiger partial charge is 0.223 e. The normalized spacial score (nSPS) is 29.9. The zero-order chi connectivity index (χ0) is 16.5. The molecule has 1 amide bonds. The molecule has 4 heteroatoms. The van der Waals surface area contributed by atoms with Crippen LogP contribution in [0.15, 0.2) is 30.3 Å². The third-order valence-electron chi connectivity index (χ3n) is 6.27. The van der Waals surface area contributed by atoms with E-state index in [0.717, 1.165) is 32.1 Å². The zero-order valence-electron chi connectivity index (χ0n) is 14.7. The summed E-state index contributed by atoms with van der Waals surface area (Å²) in [5.74, 6) is 1.61. The number of carbonyl (C=O) groups excluding carboxylic acids is 1. The van der Waals surface area contributed by atoms with E-state index in [9.17, 15) is 4.79 Å². The van der Waals surface area contributed by atoms with Crippen LogP contribution >= 0.6 is 0 Å². The summed E-state index contributed by atoms with van der Waals surface area (Å²) >= 11 is 0. The van der Waals surface area contributed by atoms with E-state index >= 15 is 0 Å². The van der Waals surface area contributed by atoms with Crippen molar-refractivity contribution in [3.63, 3.8) is 0 Å². The number of nitrogens with zero attached hydrogens (tertiary/aromatic N) is 3. The standard InChI is InChI=1S/C20H29N3O/c1-21-9-7-19(8-10-21)22-13-17-11-20(24)23(15-18(17)14-22)12-16-5-3-2-4-6-16/h2-6,17-19H,7-15H2,1H3/t17-,18-/m0/s1. The van der Waals surface area contributed by atoms with Gasteiger partial charge in [-0.3, -0.25) is 9.69 Å². The Hall–Kier alpha value is -1.39. The monoisotopic (exact) mass is 327 g/mol. The molecule has 0 spiro atoms. The van der Waals surface area contributed by atoms with Gasteiger partial charge in [-0.2, -0.15) is 0 Å². The first-order valence-corrected chi connectivity index (χ1v) is 9.43. The van der Waals surface area contributed by atoms with Crippen molar-refractivity contribution in [2.45, 2.75) is 31.8 Å². The van der Waals surface area contributed by atoms with Gasteiger partial charge in [0.2, 0.25) is 5.91 Å². The summed E-state index contributed by atoms with van der Waals surface area (Å²) in [6.07, 6.45) is 3.33. The maximum atomic E-state index is 12.6. The fraction of sp³-hybridized carbons (Fsp3) is 0.650. The van der Waals surface area contributed by atoms with Crippen LogP contribution in [-0.4, -0.2) is 66.4 Å². The summed E-state index contributed by atoms with van der Waals surface area (Å²) in [6, 6.07) is 11.1. The predicted octanol–water partition coefficient (Wildman–Crippen LogP) is 2.06. The second kappa shape index (κ2) is 6.85. The molecule has 3 aliphatic rings. The maximum Gasteiger partial charge on any atom is 0.223 e.